The molecule has 0 aliphatic carbocycles. The molecule has 1 atom stereocenters. The summed E-state index contributed by atoms with van der Waals surface area (Å²) in [5, 5.41) is 0. The van der Waals surface area contributed by atoms with Crippen molar-refractivity contribution in [2.24, 2.45) is 0 Å². The first-order valence-electron chi connectivity index (χ1n) is 8.95. The molecule has 2 aromatic heterocycles. The minimum absolute atomic E-state index is 0.127. The van der Waals surface area contributed by atoms with Crippen LogP contribution in [0.3, 0.4) is 0 Å². The van der Waals surface area contributed by atoms with E-state index in [0.717, 1.165) is 42.2 Å². The Bertz CT molecular complexity index is 912. The van der Waals surface area contributed by atoms with E-state index in [1.165, 1.54) is 6.07 Å². The molecule has 0 spiro atoms. The number of alkyl halides is 3. The Morgan fingerprint density at radius 1 is 0.929 bits per heavy atom. The Kier molecular flexibility index (Phi) is 4.90. The van der Waals surface area contributed by atoms with Gasteiger partial charge in [-0.3, -0.25) is 4.98 Å². The quantitative estimate of drug-likeness (QED) is 0.645. The van der Waals surface area contributed by atoms with Crippen LogP contribution in [0.2, 0.25) is 0 Å². The summed E-state index contributed by atoms with van der Waals surface area (Å²) in [6.45, 7) is 1.42. The zero-order chi connectivity index (χ0) is 19.6. The monoisotopic (exact) mass is 385 g/mol. The van der Waals surface area contributed by atoms with Crippen molar-refractivity contribution in [3.05, 3.63) is 72.6 Å². The highest BCUT2D eigenvalue weighted by Gasteiger charge is 2.31. The van der Waals surface area contributed by atoms with Crippen LogP contribution >= 0.6 is 0 Å². The lowest BCUT2D eigenvalue weighted by Gasteiger charge is -2.19. The van der Waals surface area contributed by atoms with Crippen molar-refractivity contribution in [1.82, 2.24) is 9.97 Å². The highest BCUT2D eigenvalue weighted by molar-refractivity contribution is 5.61. The Labute approximate surface area is 160 Å². The van der Waals surface area contributed by atoms with Gasteiger partial charge in [0.15, 0.2) is 0 Å². The summed E-state index contributed by atoms with van der Waals surface area (Å²) < 4.78 is 43.6. The molecular weight excluding hydrogens is 367 g/mol. The normalized spacial score (nSPS) is 17.0. The van der Waals surface area contributed by atoms with Crippen LogP contribution in [-0.2, 0) is 6.18 Å². The van der Waals surface area contributed by atoms with Crippen LogP contribution in [0.15, 0.2) is 67.0 Å². The molecule has 144 valence electrons. The molecule has 1 saturated heterocycles. The molecule has 4 rings (SSSR count). The van der Waals surface area contributed by atoms with E-state index in [-0.39, 0.29) is 12.0 Å². The van der Waals surface area contributed by atoms with Crippen molar-refractivity contribution in [2.45, 2.75) is 18.7 Å². The summed E-state index contributed by atoms with van der Waals surface area (Å²) >= 11 is 0. The lowest BCUT2D eigenvalue weighted by molar-refractivity contribution is -0.137. The first-order chi connectivity index (χ1) is 13.5. The van der Waals surface area contributed by atoms with Gasteiger partial charge in [0.2, 0.25) is 5.88 Å². The van der Waals surface area contributed by atoms with Gasteiger partial charge in [0.25, 0.3) is 0 Å². The van der Waals surface area contributed by atoms with Crippen LogP contribution in [0.1, 0.15) is 12.0 Å². The molecule has 4 nitrogen and oxygen atoms in total. The Balaban J connectivity index is 1.37. The molecule has 1 aromatic carbocycles. The molecule has 1 fully saturated rings. The van der Waals surface area contributed by atoms with Gasteiger partial charge in [0, 0.05) is 30.8 Å². The van der Waals surface area contributed by atoms with Gasteiger partial charge in [-0.25, -0.2) is 4.98 Å². The van der Waals surface area contributed by atoms with Gasteiger partial charge in [-0.2, -0.15) is 13.2 Å². The standard InChI is InChI=1S/C21H18F3N3O/c22-21(23,24)16-6-9-20(26-12-16)28-18-10-11-27(14-18)17-7-8-19(25-13-17)15-4-2-1-3-5-15/h1-9,12-13,18H,10-11,14H2/t18-/m1/s1. The van der Waals surface area contributed by atoms with Crippen molar-refractivity contribution in [2.75, 3.05) is 18.0 Å². The molecule has 1 aliphatic rings. The second-order valence-electron chi connectivity index (χ2n) is 6.63. The second kappa shape index (κ2) is 7.50. The number of rotatable bonds is 4. The molecule has 3 heterocycles. The third kappa shape index (κ3) is 4.08. The van der Waals surface area contributed by atoms with E-state index in [1.54, 1.807) is 0 Å². The fourth-order valence-corrected chi connectivity index (χ4v) is 3.20. The average Bonchev–Trinajstić information content (AvgIpc) is 3.17. The van der Waals surface area contributed by atoms with Gasteiger partial charge in [0.1, 0.15) is 6.10 Å². The van der Waals surface area contributed by atoms with E-state index in [0.29, 0.717) is 6.54 Å². The van der Waals surface area contributed by atoms with Crippen LogP contribution < -0.4 is 9.64 Å². The maximum absolute atomic E-state index is 12.6. The van der Waals surface area contributed by atoms with Gasteiger partial charge in [-0.05, 0) is 18.2 Å². The van der Waals surface area contributed by atoms with E-state index < -0.39 is 11.7 Å². The van der Waals surface area contributed by atoms with Crippen LogP contribution in [0, 0.1) is 0 Å². The number of anilines is 1. The number of nitrogens with zero attached hydrogens (tertiary/aromatic N) is 3. The van der Waals surface area contributed by atoms with Crippen LogP contribution in [0.4, 0.5) is 18.9 Å². The van der Waals surface area contributed by atoms with Crippen molar-refractivity contribution in [3.8, 4) is 17.1 Å². The van der Waals surface area contributed by atoms with Crippen LogP contribution in [0.5, 0.6) is 5.88 Å². The molecule has 0 bridgehead atoms. The van der Waals surface area contributed by atoms with Crippen molar-refractivity contribution >= 4 is 5.69 Å². The van der Waals surface area contributed by atoms with Crippen LogP contribution in [-0.4, -0.2) is 29.2 Å². The van der Waals surface area contributed by atoms with E-state index in [4.69, 9.17) is 4.74 Å². The Morgan fingerprint density at radius 2 is 1.75 bits per heavy atom. The van der Waals surface area contributed by atoms with Gasteiger partial charge in [-0.1, -0.05) is 30.3 Å². The first-order valence-corrected chi connectivity index (χ1v) is 8.95. The summed E-state index contributed by atoms with van der Waals surface area (Å²) in [6, 6.07) is 16.2. The van der Waals surface area contributed by atoms with Gasteiger partial charge in [0.05, 0.1) is 29.7 Å². The molecule has 0 amide bonds. The zero-order valence-corrected chi connectivity index (χ0v) is 14.9. The number of hydrogen-bond acceptors (Lipinski definition) is 4. The van der Waals surface area contributed by atoms with E-state index in [9.17, 15) is 13.2 Å². The average molecular weight is 385 g/mol. The highest BCUT2D eigenvalue weighted by Crippen LogP contribution is 2.30. The van der Waals surface area contributed by atoms with Crippen molar-refractivity contribution in [3.63, 3.8) is 0 Å². The van der Waals surface area contributed by atoms with Gasteiger partial charge < -0.3 is 9.64 Å². The fraction of sp³-hybridized carbons (Fsp3) is 0.238. The largest absolute Gasteiger partial charge is 0.472 e. The molecule has 0 N–H and O–H groups in total. The number of hydrogen-bond donors (Lipinski definition) is 0. The Hall–Kier alpha value is -3.09. The summed E-state index contributed by atoms with van der Waals surface area (Å²) in [4.78, 5) is 10.5. The predicted molar refractivity (Wildman–Crippen MR) is 100 cm³/mol. The molecule has 0 radical (unpaired) electrons. The zero-order valence-electron chi connectivity index (χ0n) is 14.9. The lowest BCUT2D eigenvalue weighted by Crippen LogP contribution is -2.24. The Morgan fingerprint density at radius 3 is 2.39 bits per heavy atom. The SMILES string of the molecule is FC(F)(F)c1ccc(O[C@@H]2CCN(c3ccc(-c4ccccc4)nc3)C2)nc1. The third-order valence-corrected chi connectivity index (χ3v) is 4.68. The molecule has 0 saturated carbocycles. The van der Waals surface area contributed by atoms with E-state index >= 15 is 0 Å². The highest BCUT2D eigenvalue weighted by atomic mass is 19.4. The summed E-state index contributed by atoms with van der Waals surface area (Å²) in [7, 11) is 0. The smallest absolute Gasteiger partial charge is 0.417 e. The maximum Gasteiger partial charge on any atom is 0.417 e. The van der Waals surface area contributed by atoms with Crippen LogP contribution in [0.25, 0.3) is 11.3 Å². The third-order valence-electron chi connectivity index (χ3n) is 4.68. The number of benzene rings is 1. The molecule has 7 heteroatoms. The summed E-state index contributed by atoms with van der Waals surface area (Å²) in [5.74, 6) is 0.206. The number of aromatic nitrogens is 2. The summed E-state index contributed by atoms with van der Waals surface area (Å²) in [5.41, 5.74) is 2.18. The topological polar surface area (TPSA) is 38.2 Å². The summed E-state index contributed by atoms with van der Waals surface area (Å²) in [6.07, 6.45) is -1.12. The molecule has 3 aromatic rings. The predicted octanol–water partition coefficient (Wildman–Crippen LogP) is 4.82. The minimum atomic E-state index is -4.39. The second-order valence-corrected chi connectivity index (χ2v) is 6.63. The minimum Gasteiger partial charge on any atom is -0.472 e. The van der Waals surface area contributed by atoms with E-state index in [2.05, 4.69) is 14.9 Å². The molecular formula is C21H18F3N3O. The molecule has 28 heavy (non-hydrogen) atoms. The van der Waals surface area contributed by atoms with Gasteiger partial charge >= 0.3 is 6.18 Å². The first kappa shape index (κ1) is 18.3. The fourth-order valence-electron chi connectivity index (χ4n) is 3.20. The molecule has 0 unspecified atom stereocenters. The van der Waals surface area contributed by atoms with Crippen molar-refractivity contribution < 1.29 is 17.9 Å². The molecule has 1 aliphatic heterocycles. The number of pyridine rings is 2. The van der Waals surface area contributed by atoms with Crippen molar-refractivity contribution in [1.29, 1.82) is 0 Å². The van der Waals surface area contributed by atoms with E-state index in [1.807, 2.05) is 48.7 Å². The van der Waals surface area contributed by atoms with Gasteiger partial charge in [-0.15, -0.1) is 0 Å². The number of halogens is 3. The lowest BCUT2D eigenvalue weighted by atomic mass is 10.1. The maximum atomic E-state index is 12.6. The number of ether oxygens (including phenoxy) is 1.